The van der Waals surface area contributed by atoms with Gasteiger partial charge in [0.05, 0.1) is 0 Å². The minimum Gasteiger partial charge on any atom is -0.312 e. The van der Waals surface area contributed by atoms with Crippen LogP contribution in [0.3, 0.4) is 0 Å². The van der Waals surface area contributed by atoms with Crippen molar-refractivity contribution in [3.05, 3.63) is 34.3 Å². The first-order valence-electron chi connectivity index (χ1n) is 6.33. The van der Waals surface area contributed by atoms with Gasteiger partial charge in [-0.15, -0.1) is 11.6 Å². The van der Waals surface area contributed by atoms with E-state index < -0.39 is 0 Å². The van der Waals surface area contributed by atoms with Gasteiger partial charge in [-0.25, -0.2) is 0 Å². The van der Waals surface area contributed by atoms with Crippen molar-refractivity contribution in [3.63, 3.8) is 0 Å². The minimum absolute atomic E-state index is 0.427. The Morgan fingerprint density at radius 2 is 2.00 bits per heavy atom. The summed E-state index contributed by atoms with van der Waals surface area (Å²) in [7, 11) is 0. The number of halogens is 2. The van der Waals surface area contributed by atoms with Crippen LogP contribution in [0.5, 0.6) is 0 Å². The van der Waals surface area contributed by atoms with Crippen LogP contribution in [-0.4, -0.2) is 11.9 Å². The number of hydrogen-bond acceptors (Lipinski definition) is 1. The van der Waals surface area contributed by atoms with E-state index in [4.69, 9.17) is 11.6 Å². The van der Waals surface area contributed by atoms with Crippen molar-refractivity contribution in [2.75, 3.05) is 6.54 Å². The highest BCUT2D eigenvalue weighted by Crippen LogP contribution is 2.27. The highest BCUT2D eigenvalue weighted by Gasteiger charge is 2.18. The molecule has 1 saturated carbocycles. The minimum atomic E-state index is 0.427. The van der Waals surface area contributed by atoms with Crippen molar-refractivity contribution < 1.29 is 0 Å². The van der Waals surface area contributed by atoms with Gasteiger partial charge in [-0.3, -0.25) is 0 Å². The Hall–Kier alpha value is -0.0500. The van der Waals surface area contributed by atoms with Gasteiger partial charge in [0.15, 0.2) is 0 Å². The van der Waals surface area contributed by atoms with Gasteiger partial charge in [-0.05, 0) is 55.8 Å². The molecule has 0 aromatic heterocycles. The number of hydrogen-bond donors (Lipinski definition) is 1. The Morgan fingerprint density at radius 3 is 2.71 bits per heavy atom. The van der Waals surface area contributed by atoms with Crippen LogP contribution in [0, 0.1) is 5.92 Å². The number of benzene rings is 1. The summed E-state index contributed by atoms with van der Waals surface area (Å²) in [5, 5.41) is 3.98. The average Bonchev–Trinajstić information content (AvgIpc) is 2.32. The molecule has 1 aliphatic carbocycles. The third-order valence-corrected chi connectivity index (χ3v) is 4.36. The summed E-state index contributed by atoms with van der Waals surface area (Å²) >= 11 is 9.60. The fraction of sp³-hybridized carbons (Fsp3) is 0.571. The Bertz CT molecular complexity index is 348. The van der Waals surface area contributed by atoms with Crippen molar-refractivity contribution in [1.82, 2.24) is 5.32 Å². The molecular formula is C14H19BrClN. The summed E-state index contributed by atoms with van der Waals surface area (Å²) in [6.07, 6.45) is 4.93. The predicted octanol–water partition coefficient (Wildman–Crippen LogP) is 4.34. The molecule has 0 unspecified atom stereocenters. The summed E-state index contributed by atoms with van der Waals surface area (Å²) in [5.74, 6) is 0.817. The van der Waals surface area contributed by atoms with E-state index in [0.717, 1.165) is 23.5 Å². The molecule has 0 heterocycles. The van der Waals surface area contributed by atoms with Crippen molar-refractivity contribution in [1.29, 1.82) is 0 Å². The number of rotatable bonds is 4. The largest absolute Gasteiger partial charge is 0.312 e. The smallest absolute Gasteiger partial charge is 0.0336 e. The third kappa shape index (κ3) is 4.61. The zero-order valence-corrected chi connectivity index (χ0v) is 12.3. The molecule has 1 aromatic rings. The second kappa shape index (κ2) is 6.77. The molecule has 17 heavy (non-hydrogen) atoms. The van der Waals surface area contributed by atoms with Gasteiger partial charge in [0.1, 0.15) is 0 Å². The molecule has 1 N–H and O–H groups in total. The first-order chi connectivity index (χ1) is 8.24. The van der Waals surface area contributed by atoms with E-state index >= 15 is 0 Å². The summed E-state index contributed by atoms with van der Waals surface area (Å²) in [4.78, 5) is 0. The molecule has 1 nitrogen and oxygen atoms in total. The predicted molar refractivity (Wildman–Crippen MR) is 77.4 cm³/mol. The van der Waals surface area contributed by atoms with E-state index in [9.17, 15) is 0 Å². The van der Waals surface area contributed by atoms with Gasteiger partial charge in [-0.1, -0.05) is 28.1 Å². The first kappa shape index (κ1) is 13.4. The zero-order chi connectivity index (χ0) is 12.1. The number of alkyl halides is 1. The van der Waals surface area contributed by atoms with Gasteiger partial charge in [-0.2, -0.15) is 0 Å². The highest BCUT2D eigenvalue weighted by molar-refractivity contribution is 9.10. The van der Waals surface area contributed by atoms with Gasteiger partial charge < -0.3 is 5.32 Å². The van der Waals surface area contributed by atoms with E-state index in [1.165, 1.54) is 31.2 Å². The second-order valence-corrected chi connectivity index (χ2v) is 6.41. The fourth-order valence-electron chi connectivity index (χ4n) is 2.39. The zero-order valence-electron chi connectivity index (χ0n) is 9.96. The standard InChI is InChI=1S/C14H19BrClN/c15-13-3-1-2-12(8-13)10-17-9-11-4-6-14(16)7-5-11/h1-3,8,11,14,17H,4-7,9-10H2. The third-order valence-electron chi connectivity index (χ3n) is 3.43. The Labute approximate surface area is 117 Å². The summed E-state index contributed by atoms with van der Waals surface area (Å²) in [5.41, 5.74) is 1.34. The molecule has 1 fully saturated rings. The number of nitrogens with one attached hydrogen (secondary N) is 1. The van der Waals surface area contributed by atoms with Crippen LogP contribution in [0.1, 0.15) is 31.2 Å². The monoisotopic (exact) mass is 315 g/mol. The average molecular weight is 317 g/mol. The molecular weight excluding hydrogens is 298 g/mol. The lowest BCUT2D eigenvalue weighted by molar-refractivity contribution is 0.345. The molecule has 0 aliphatic heterocycles. The van der Waals surface area contributed by atoms with Crippen LogP contribution >= 0.6 is 27.5 Å². The van der Waals surface area contributed by atoms with Crippen molar-refractivity contribution >= 4 is 27.5 Å². The van der Waals surface area contributed by atoms with E-state index in [1.54, 1.807) is 0 Å². The summed E-state index contributed by atoms with van der Waals surface area (Å²) in [6, 6.07) is 8.47. The second-order valence-electron chi connectivity index (χ2n) is 4.88. The van der Waals surface area contributed by atoms with Gasteiger partial charge >= 0.3 is 0 Å². The maximum absolute atomic E-state index is 6.10. The molecule has 0 amide bonds. The molecule has 0 spiro atoms. The molecule has 0 atom stereocenters. The van der Waals surface area contributed by atoms with Gasteiger partial charge in [0, 0.05) is 16.4 Å². The normalized spacial score (nSPS) is 24.8. The molecule has 0 bridgehead atoms. The van der Waals surface area contributed by atoms with Crippen LogP contribution in [0.2, 0.25) is 0 Å². The van der Waals surface area contributed by atoms with Crippen LogP contribution in [0.4, 0.5) is 0 Å². The summed E-state index contributed by atoms with van der Waals surface area (Å²) < 4.78 is 1.15. The Balaban J connectivity index is 1.69. The van der Waals surface area contributed by atoms with E-state index in [0.29, 0.717) is 5.38 Å². The first-order valence-corrected chi connectivity index (χ1v) is 7.56. The van der Waals surface area contributed by atoms with Crippen LogP contribution < -0.4 is 5.32 Å². The Morgan fingerprint density at radius 1 is 1.24 bits per heavy atom. The molecule has 3 heteroatoms. The molecule has 94 valence electrons. The van der Waals surface area contributed by atoms with E-state index in [1.807, 2.05) is 0 Å². The SMILES string of the molecule is ClC1CCC(CNCc2cccc(Br)c2)CC1. The highest BCUT2D eigenvalue weighted by atomic mass is 79.9. The van der Waals surface area contributed by atoms with E-state index in [2.05, 4.69) is 45.5 Å². The maximum Gasteiger partial charge on any atom is 0.0336 e. The van der Waals surface area contributed by atoms with Gasteiger partial charge in [0.25, 0.3) is 0 Å². The lowest BCUT2D eigenvalue weighted by Crippen LogP contribution is -2.26. The fourth-order valence-corrected chi connectivity index (χ4v) is 3.09. The Kier molecular flexibility index (Phi) is 5.33. The topological polar surface area (TPSA) is 12.0 Å². The lowest BCUT2D eigenvalue weighted by Gasteiger charge is -2.25. The molecule has 0 saturated heterocycles. The van der Waals surface area contributed by atoms with Crippen molar-refractivity contribution in [3.8, 4) is 0 Å². The van der Waals surface area contributed by atoms with Crippen molar-refractivity contribution in [2.24, 2.45) is 5.92 Å². The molecule has 1 aliphatic rings. The van der Waals surface area contributed by atoms with E-state index in [-0.39, 0.29) is 0 Å². The maximum atomic E-state index is 6.10. The van der Waals surface area contributed by atoms with Gasteiger partial charge in [0.2, 0.25) is 0 Å². The van der Waals surface area contributed by atoms with Crippen molar-refractivity contribution in [2.45, 2.75) is 37.6 Å². The van der Waals surface area contributed by atoms with Crippen LogP contribution in [0.15, 0.2) is 28.7 Å². The van der Waals surface area contributed by atoms with Crippen LogP contribution in [-0.2, 0) is 6.54 Å². The molecule has 0 radical (unpaired) electrons. The lowest BCUT2D eigenvalue weighted by atomic mass is 9.89. The summed E-state index contributed by atoms with van der Waals surface area (Å²) in [6.45, 7) is 2.08. The van der Waals surface area contributed by atoms with Crippen LogP contribution in [0.25, 0.3) is 0 Å². The molecule has 2 rings (SSSR count). The molecule has 1 aromatic carbocycles. The quantitative estimate of drug-likeness (QED) is 0.815.